The van der Waals surface area contributed by atoms with Gasteiger partial charge in [0.05, 0.1) is 25.6 Å². The average Bonchev–Trinajstić information content (AvgIpc) is 3.33. The first-order chi connectivity index (χ1) is 15.6. The Morgan fingerprint density at radius 1 is 1.25 bits per heavy atom. The minimum atomic E-state index is -0.0924. The predicted octanol–water partition coefficient (Wildman–Crippen LogP) is 5.62. The number of carbonyl (C=O) groups excluding carboxylic acids is 1. The number of hydrogen-bond donors (Lipinski definition) is 1. The van der Waals surface area contributed by atoms with Gasteiger partial charge in [-0.15, -0.1) is 0 Å². The molecule has 2 fully saturated rings. The maximum Gasteiger partial charge on any atom is 0.321 e. The first kappa shape index (κ1) is 22.2. The molecule has 2 amide bonds. The number of pyridine rings is 1. The van der Waals surface area contributed by atoms with E-state index in [1.54, 1.807) is 25.4 Å². The summed E-state index contributed by atoms with van der Waals surface area (Å²) in [7, 11) is 1.57. The first-order valence-corrected chi connectivity index (χ1v) is 11.6. The van der Waals surface area contributed by atoms with Crippen molar-refractivity contribution in [2.75, 3.05) is 32.1 Å². The van der Waals surface area contributed by atoms with Crippen molar-refractivity contribution in [3.05, 3.63) is 53.7 Å². The molecular weight excluding hydrogens is 402 g/mol. The fourth-order valence-corrected chi connectivity index (χ4v) is 4.53. The molecule has 1 aromatic carbocycles. The molecule has 1 aliphatic heterocycles. The minimum absolute atomic E-state index is 0.0924. The summed E-state index contributed by atoms with van der Waals surface area (Å²) >= 11 is 0. The van der Waals surface area contributed by atoms with Gasteiger partial charge in [-0.05, 0) is 54.9 Å². The lowest BCUT2D eigenvalue weighted by Crippen LogP contribution is -2.42. The third kappa shape index (κ3) is 5.81. The van der Waals surface area contributed by atoms with Gasteiger partial charge in [0.25, 0.3) is 0 Å². The minimum Gasteiger partial charge on any atom is -0.493 e. The van der Waals surface area contributed by atoms with Gasteiger partial charge in [-0.1, -0.05) is 43.5 Å². The van der Waals surface area contributed by atoms with E-state index in [0.29, 0.717) is 36.5 Å². The van der Waals surface area contributed by atoms with Gasteiger partial charge < -0.3 is 19.7 Å². The van der Waals surface area contributed by atoms with Gasteiger partial charge in [0.1, 0.15) is 5.75 Å². The van der Waals surface area contributed by atoms with Crippen LogP contribution in [0.5, 0.6) is 11.6 Å². The van der Waals surface area contributed by atoms with Crippen LogP contribution in [0.3, 0.4) is 0 Å². The lowest BCUT2D eigenvalue weighted by Gasteiger charge is -2.33. The smallest absolute Gasteiger partial charge is 0.321 e. The van der Waals surface area contributed by atoms with Crippen LogP contribution in [0.15, 0.2) is 48.2 Å². The standard InChI is InChI=1S/C26H33N3O3/c1-19-17-29(26(30)28-23-10-11-25(31-2)27-16-23)13-12-22(19)14-21-8-5-9-24(15-21)32-18-20-6-3-4-7-20/h5,8-11,14-16,19-20H,3-4,6-7,12-13,17-18H2,1-2H3,(H,28,30). The SMILES string of the molecule is COc1ccc(NC(=O)N2CCC(=Cc3cccc(OCC4CCCC4)c3)C(C)C2)cn1. The maximum atomic E-state index is 12.7. The van der Waals surface area contributed by atoms with Gasteiger partial charge in [0, 0.05) is 19.2 Å². The highest BCUT2D eigenvalue weighted by molar-refractivity contribution is 5.89. The summed E-state index contributed by atoms with van der Waals surface area (Å²) < 4.78 is 11.1. The first-order valence-electron chi connectivity index (χ1n) is 11.6. The van der Waals surface area contributed by atoms with E-state index in [1.165, 1.54) is 31.3 Å². The molecule has 0 radical (unpaired) electrons. The number of ether oxygens (including phenoxy) is 2. The van der Waals surface area contributed by atoms with Gasteiger partial charge in [0.2, 0.25) is 5.88 Å². The Labute approximate surface area is 190 Å². The third-order valence-corrected chi connectivity index (χ3v) is 6.45. The highest BCUT2D eigenvalue weighted by Crippen LogP contribution is 2.28. The summed E-state index contributed by atoms with van der Waals surface area (Å²) in [5.74, 6) is 2.48. The van der Waals surface area contributed by atoms with Crippen molar-refractivity contribution in [2.24, 2.45) is 11.8 Å². The number of aromatic nitrogens is 1. The number of likely N-dealkylation sites (tertiary alicyclic amines) is 1. The summed E-state index contributed by atoms with van der Waals surface area (Å²) in [6.07, 6.45) is 9.99. The molecule has 1 saturated heterocycles. The molecule has 6 nitrogen and oxygen atoms in total. The normalized spacial score (nSPS) is 20.4. The van der Waals surface area contributed by atoms with Crippen molar-refractivity contribution >= 4 is 17.8 Å². The van der Waals surface area contributed by atoms with Crippen LogP contribution in [-0.4, -0.2) is 42.7 Å². The number of nitrogens with one attached hydrogen (secondary N) is 1. The van der Waals surface area contributed by atoms with E-state index in [0.717, 1.165) is 24.3 Å². The van der Waals surface area contributed by atoms with Gasteiger partial charge in [-0.3, -0.25) is 0 Å². The second-order valence-electron chi connectivity index (χ2n) is 8.87. The topological polar surface area (TPSA) is 63.7 Å². The molecule has 1 unspecified atom stereocenters. The van der Waals surface area contributed by atoms with Gasteiger partial charge in [0.15, 0.2) is 0 Å². The van der Waals surface area contributed by atoms with Crippen LogP contribution >= 0.6 is 0 Å². The lowest BCUT2D eigenvalue weighted by molar-refractivity contribution is 0.198. The Hall–Kier alpha value is -3.02. The number of carbonyl (C=O) groups is 1. The van der Waals surface area contributed by atoms with E-state index in [-0.39, 0.29) is 6.03 Å². The summed E-state index contributed by atoms with van der Waals surface area (Å²) in [5.41, 5.74) is 3.20. The van der Waals surface area contributed by atoms with E-state index >= 15 is 0 Å². The molecule has 2 aliphatic rings. The molecule has 2 heterocycles. The van der Waals surface area contributed by atoms with Crippen LogP contribution < -0.4 is 14.8 Å². The van der Waals surface area contributed by atoms with Crippen LogP contribution in [0, 0.1) is 11.8 Å². The number of amides is 2. The molecule has 0 spiro atoms. The molecule has 4 rings (SSSR count). The van der Waals surface area contributed by atoms with E-state index in [9.17, 15) is 4.79 Å². The number of piperidine rings is 1. The Balaban J connectivity index is 1.32. The van der Waals surface area contributed by atoms with Crippen molar-refractivity contribution in [3.63, 3.8) is 0 Å². The monoisotopic (exact) mass is 435 g/mol. The summed E-state index contributed by atoms with van der Waals surface area (Å²) in [4.78, 5) is 18.7. The number of nitrogens with zero attached hydrogens (tertiary/aromatic N) is 2. The van der Waals surface area contributed by atoms with Crippen molar-refractivity contribution in [1.82, 2.24) is 9.88 Å². The van der Waals surface area contributed by atoms with Crippen LogP contribution in [0.2, 0.25) is 0 Å². The summed E-state index contributed by atoms with van der Waals surface area (Å²) in [6, 6.07) is 11.8. The third-order valence-electron chi connectivity index (χ3n) is 6.45. The number of hydrogen-bond acceptors (Lipinski definition) is 4. The second-order valence-corrected chi connectivity index (χ2v) is 8.87. The molecule has 1 aromatic heterocycles. The fraction of sp³-hybridized carbons (Fsp3) is 0.462. The van der Waals surface area contributed by atoms with E-state index in [2.05, 4.69) is 41.5 Å². The van der Waals surface area contributed by atoms with Crippen LogP contribution in [0.4, 0.5) is 10.5 Å². The van der Waals surface area contributed by atoms with Gasteiger partial charge in [-0.2, -0.15) is 0 Å². The zero-order chi connectivity index (χ0) is 22.3. The predicted molar refractivity (Wildman–Crippen MR) is 127 cm³/mol. The molecule has 32 heavy (non-hydrogen) atoms. The zero-order valence-electron chi connectivity index (χ0n) is 19.0. The van der Waals surface area contributed by atoms with Crippen molar-refractivity contribution in [3.8, 4) is 11.6 Å². The Morgan fingerprint density at radius 3 is 2.81 bits per heavy atom. The Kier molecular flexibility index (Phi) is 7.30. The molecule has 2 aromatic rings. The van der Waals surface area contributed by atoms with Gasteiger partial charge >= 0.3 is 6.03 Å². The number of anilines is 1. The quantitative estimate of drug-likeness (QED) is 0.640. The van der Waals surface area contributed by atoms with Crippen molar-refractivity contribution in [1.29, 1.82) is 0 Å². The second kappa shape index (κ2) is 10.5. The van der Waals surface area contributed by atoms with Crippen LogP contribution in [0.1, 0.15) is 44.6 Å². The molecule has 1 aliphatic carbocycles. The lowest BCUT2D eigenvalue weighted by atomic mass is 9.91. The number of rotatable bonds is 6. The largest absolute Gasteiger partial charge is 0.493 e. The van der Waals surface area contributed by atoms with Gasteiger partial charge in [-0.25, -0.2) is 9.78 Å². The zero-order valence-corrected chi connectivity index (χ0v) is 19.0. The molecule has 1 saturated carbocycles. The Morgan fingerprint density at radius 2 is 2.09 bits per heavy atom. The van der Waals surface area contributed by atoms with E-state index in [1.807, 2.05) is 11.0 Å². The summed E-state index contributed by atoms with van der Waals surface area (Å²) in [5, 5.41) is 2.93. The fourth-order valence-electron chi connectivity index (χ4n) is 4.53. The highest BCUT2D eigenvalue weighted by Gasteiger charge is 2.24. The number of urea groups is 1. The molecule has 1 atom stereocenters. The molecular formula is C26H33N3O3. The highest BCUT2D eigenvalue weighted by atomic mass is 16.5. The number of methoxy groups -OCH3 is 1. The van der Waals surface area contributed by atoms with E-state index in [4.69, 9.17) is 9.47 Å². The van der Waals surface area contributed by atoms with Crippen molar-refractivity contribution < 1.29 is 14.3 Å². The van der Waals surface area contributed by atoms with E-state index < -0.39 is 0 Å². The van der Waals surface area contributed by atoms with Crippen LogP contribution in [-0.2, 0) is 0 Å². The number of benzene rings is 1. The van der Waals surface area contributed by atoms with Crippen LogP contribution in [0.25, 0.3) is 6.08 Å². The summed E-state index contributed by atoms with van der Waals surface area (Å²) in [6.45, 7) is 4.40. The van der Waals surface area contributed by atoms with Crippen molar-refractivity contribution in [2.45, 2.75) is 39.0 Å². The average molecular weight is 436 g/mol. The molecule has 0 bridgehead atoms. The Bertz CT molecular complexity index is 936. The molecule has 6 heteroatoms. The molecule has 170 valence electrons. The molecule has 1 N–H and O–H groups in total. The maximum absolute atomic E-state index is 12.7.